The second kappa shape index (κ2) is 5.41. The van der Waals surface area contributed by atoms with Crippen LogP contribution in [-0.4, -0.2) is 17.5 Å². The summed E-state index contributed by atoms with van der Waals surface area (Å²) in [4.78, 5) is 11.4. The lowest BCUT2D eigenvalue weighted by Crippen LogP contribution is -2.08. The smallest absolute Gasteiger partial charge is 0.223 e. The molecular weight excluding hydrogens is 421 g/mol. The first kappa shape index (κ1) is 14.0. The van der Waals surface area contributed by atoms with Gasteiger partial charge in [0, 0.05) is 29.3 Å². The topological polar surface area (TPSA) is 41.9 Å². The number of rotatable bonds is 1. The molecule has 0 spiro atoms. The van der Waals surface area contributed by atoms with Gasteiger partial charge in [0.15, 0.2) is 5.82 Å². The summed E-state index contributed by atoms with van der Waals surface area (Å²) in [6.07, 6.45) is 3.73. The van der Waals surface area contributed by atoms with Gasteiger partial charge in [0.05, 0.1) is 35.3 Å². The van der Waals surface area contributed by atoms with Gasteiger partial charge >= 0.3 is 0 Å². The third kappa shape index (κ3) is 2.59. The maximum Gasteiger partial charge on any atom is 0.223 e. The van der Waals surface area contributed by atoms with E-state index in [1.807, 2.05) is 22.9 Å². The van der Waals surface area contributed by atoms with Crippen LogP contribution in [0.5, 0.6) is 0 Å². The largest absolute Gasteiger partial charge is 0.257 e. The number of hydrogen-bond donors (Lipinski definition) is 0. The Labute approximate surface area is 135 Å². The molecule has 3 rings (SSSR count). The van der Waals surface area contributed by atoms with Crippen LogP contribution >= 0.6 is 46.4 Å². The number of hydrogen-bond acceptors (Lipinski definition) is 5. The predicted molar refractivity (Wildman–Crippen MR) is 80.0 cm³/mol. The van der Waals surface area contributed by atoms with E-state index >= 15 is 0 Å². The van der Waals surface area contributed by atoms with E-state index in [1.54, 1.807) is 8.72 Å². The number of pyridine rings is 1. The van der Waals surface area contributed by atoms with Crippen LogP contribution in [0.15, 0.2) is 29.7 Å². The summed E-state index contributed by atoms with van der Waals surface area (Å²) in [5.74, 6) is -1.13. The number of nitrogens with zero attached hydrogens (tertiary/aromatic N) is 4. The highest BCUT2D eigenvalue weighted by molar-refractivity contribution is 14.1. The quantitative estimate of drug-likeness (QED) is 0.301. The second-order valence-corrected chi connectivity index (χ2v) is 6.74. The SMILES string of the molecule is Fc1cnc2c(c1)C(c1nc(Cl)ncc1F)=CN(I)S2. The molecule has 0 aliphatic carbocycles. The molecule has 4 nitrogen and oxygen atoms in total. The summed E-state index contributed by atoms with van der Waals surface area (Å²) in [6.45, 7) is 0. The predicted octanol–water partition coefficient (Wildman–Crippen LogP) is 3.87. The third-order valence-electron chi connectivity index (χ3n) is 2.48. The van der Waals surface area contributed by atoms with Crippen LogP contribution in [0.3, 0.4) is 0 Å². The fourth-order valence-electron chi connectivity index (χ4n) is 1.70. The highest BCUT2D eigenvalue weighted by atomic mass is 127. The maximum absolute atomic E-state index is 13.9. The summed E-state index contributed by atoms with van der Waals surface area (Å²) in [6, 6.07) is 1.29. The van der Waals surface area contributed by atoms with Crippen molar-refractivity contribution in [1.29, 1.82) is 0 Å². The Balaban J connectivity index is 2.22. The van der Waals surface area contributed by atoms with Gasteiger partial charge in [-0.2, -0.15) is 0 Å². The van der Waals surface area contributed by atoms with Crippen molar-refractivity contribution in [3.8, 4) is 0 Å². The average Bonchev–Trinajstić information content (AvgIpc) is 2.41. The van der Waals surface area contributed by atoms with Gasteiger partial charge < -0.3 is 0 Å². The Bertz CT molecular complexity index is 728. The van der Waals surface area contributed by atoms with Crippen molar-refractivity contribution in [3.05, 3.63) is 52.8 Å². The van der Waals surface area contributed by atoms with Crippen LogP contribution in [0.4, 0.5) is 8.78 Å². The van der Waals surface area contributed by atoms with Crippen molar-refractivity contribution in [1.82, 2.24) is 17.5 Å². The van der Waals surface area contributed by atoms with E-state index in [2.05, 4.69) is 15.0 Å². The van der Waals surface area contributed by atoms with Gasteiger partial charge in [0.25, 0.3) is 0 Å². The van der Waals surface area contributed by atoms with Crippen LogP contribution in [0.25, 0.3) is 5.57 Å². The van der Waals surface area contributed by atoms with Gasteiger partial charge in [-0.3, -0.25) is 2.52 Å². The van der Waals surface area contributed by atoms with Gasteiger partial charge in [-0.1, -0.05) is 0 Å². The molecule has 0 unspecified atom stereocenters. The molecule has 9 heteroatoms. The van der Waals surface area contributed by atoms with Gasteiger partial charge in [-0.05, 0) is 17.7 Å². The molecule has 2 aromatic rings. The zero-order chi connectivity index (χ0) is 14.3. The lowest BCUT2D eigenvalue weighted by Gasteiger charge is -2.21. The summed E-state index contributed by atoms with van der Waals surface area (Å²) in [7, 11) is 0. The van der Waals surface area contributed by atoms with Crippen LogP contribution in [0, 0.1) is 11.6 Å². The first-order valence-electron chi connectivity index (χ1n) is 5.24. The standard InChI is InChI=1S/C11H4ClF2IN4S/c12-11-17-3-8(14)9(18-11)7-4-19(15)20-10-6(7)1-5(13)2-16-10/h1-4H. The molecule has 0 atom stereocenters. The van der Waals surface area contributed by atoms with E-state index in [0.717, 1.165) is 12.4 Å². The van der Waals surface area contributed by atoms with Crippen molar-refractivity contribution in [2.45, 2.75) is 5.03 Å². The molecule has 1 aliphatic heterocycles. The van der Waals surface area contributed by atoms with Crippen molar-refractivity contribution in [2.24, 2.45) is 0 Å². The van der Waals surface area contributed by atoms with E-state index in [0.29, 0.717) is 16.2 Å². The van der Waals surface area contributed by atoms with Crippen molar-refractivity contribution in [2.75, 3.05) is 0 Å². The lowest BCUT2D eigenvalue weighted by molar-refractivity contribution is 0.606. The average molecular weight is 425 g/mol. The molecule has 3 heterocycles. The highest BCUT2D eigenvalue weighted by Gasteiger charge is 2.24. The summed E-state index contributed by atoms with van der Waals surface area (Å²) in [5.41, 5.74) is 0.888. The normalized spacial score (nSPS) is 14.0. The molecule has 1 aliphatic rings. The minimum absolute atomic E-state index is 0.0145. The van der Waals surface area contributed by atoms with E-state index in [9.17, 15) is 8.78 Å². The Morgan fingerprint density at radius 2 is 2.05 bits per heavy atom. The van der Waals surface area contributed by atoms with Gasteiger partial charge in [0.1, 0.15) is 16.5 Å². The Hall–Kier alpha value is -1.00. The molecule has 0 aromatic carbocycles. The molecular formula is C11H4ClF2IN4S. The summed E-state index contributed by atoms with van der Waals surface area (Å²) in [5, 5.41) is 0.485. The molecule has 102 valence electrons. The molecule has 0 fully saturated rings. The Morgan fingerprint density at radius 1 is 1.25 bits per heavy atom. The van der Waals surface area contributed by atoms with Crippen molar-refractivity contribution < 1.29 is 8.78 Å². The van der Waals surface area contributed by atoms with Crippen molar-refractivity contribution in [3.63, 3.8) is 0 Å². The van der Waals surface area contributed by atoms with Gasteiger partial charge in [-0.15, -0.1) is 0 Å². The first-order valence-corrected chi connectivity index (χ1v) is 7.35. The fraction of sp³-hybridized carbons (Fsp3) is 0. The fourth-order valence-corrected chi connectivity index (χ4v) is 3.36. The molecule has 0 amide bonds. The molecule has 0 N–H and O–H groups in total. The Morgan fingerprint density at radius 3 is 2.85 bits per heavy atom. The Kier molecular flexibility index (Phi) is 3.78. The number of aromatic nitrogens is 3. The highest BCUT2D eigenvalue weighted by Crippen LogP contribution is 2.40. The van der Waals surface area contributed by atoms with E-state index in [1.165, 1.54) is 18.0 Å². The van der Waals surface area contributed by atoms with Crippen LogP contribution in [0.1, 0.15) is 11.3 Å². The summed E-state index contributed by atoms with van der Waals surface area (Å²) >= 11 is 9.01. The number of fused-ring (bicyclic) bond motifs is 1. The molecule has 0 bridgehead atoms. The number of halogens is 4. The molecule has 20 heavy (non-hydrogen) atoms. The van der Waals surface area contributed by atoms with E-state index in [-0.39, 0.29) is 11.0 Å². The zero-order valence-corrected chi connectivity index (χ0v) is 13.2. The maximum atomic E-state index is 13.9. The third-order valence-corrected chi connectivity index (χ3v) is 4.31. The molecule has 2 aromatic heterocycles. The van der Waals surface area contributed by atoms with Crippen LogP contribution in [-0.2, 0) is 0 Å². The van der Waals surface area contributed by atoms with Crippen LogP contribution in [0.2, 0.25) is 5.28 Å². The van der Waals surface area contributed by atoms with Gasteiger partial charge in [0.2, 0.25) is 5.28 Å². The molecule has 0 saturated carbocycles. The summed E-state index contributed by atoms with van der Waals surface area (Å²) < 4.78 is 29.0. The van der Waals surface area contributed by atoms with Crippen LogP contribution < -0.4 is 0 Å². The minimum atomic E-state index is -0.632. The molecule has 0 saturated heterocycles. The minimum Gasteiger partial charge on any atom is -0.257 e. The first-order chi connectivity index (χ1) is 9.54. The lowest BCUT2D eigenvalue weighted by atomic mass is 10.1. The zero-order valence-electron chi connectivity index (χ0n) is 9.52. The van der Waals surface area contributed by atoms with Crippen molar-refractivity contribution >= 4 is 52.0 Å². The molecule has 0 radical (unpaired) electrons. The monoisotopic (exact) mass is 424 g/mol. The van der Waals surface area contributed by atoms with Gasteiger partial charge in [-0.25, -0.2) is 23.7 Å². The van der Waals surface area contributed by atoms with E-state index < -0.39 is 11.6 Å². The second-order valence-electron chi connectivity index (χ2n) is 3.75. The van der Waals surface area contributed by atoms with E-state index in [4.69, 9.17) is 11.6 Å².